The van der Waals surface area contributed by atoms with Crippen LogP contribution in [0.2, 0.25) is 0 Å². The normalized spacial score (nSPS) is 11.4. The smallest absolute Gasteiger partial charge is 0.269 e. The van der Waals surface area contributed by atoms with Crippen LogP contribution in [0, 0.1) is 5.82 Å². The molecule has 0 spiro atoms. The lowest BCUT2D eigenvalue weighted by Crippen LogP contribution is -2.14. The van der Waals surface area contributed by atoms with Gasteiger partial charge in [0.15, 0.2) is 0 Å². The minimum atomic E-state index is -4.02. The molecule has 0 saturated heterocycles. The number of carbonyl (C=O) groups is 1. The molecule has 2 heterocycles. The molecular formula is C19H18FN3O3S2. The number of pyridine rings is 1. The van der Waals surface area contributed by atoms with Gasteiger partial charge >= 0.3 is 0 Å². The van der Waals surface area contributed by atoms with Crippen LogP contribution in [0.5, 0.6) is 0 Å². The van der Waals surface area contributed by atoms with Crippen molar-refractivity contribution in [1.29, 1.82) is 0 Å². The van der Waals surface area contributed by atoms with Crippen LogP contribution < -0.4 is 5.32 Å². The predicted octanol–water partition coefficient (Wildman–Crippen LogP) is 3.28. The first-order valence-corrected chi connectivity index (χ1v) is 10.9. The van der Waals surface area contributed by atoms with E-state index < -0.39 is 15.8 Å². The zero-order valence-electron chi connectivity index (χ0n) is 15.0. The highest BCUT2D eigenvalue weighted by Crippen LogP contribution is 2.30. The molecule has 0 bridgehead atoms. The maximum absolute atomic E-state index is 14.4. The zero-order chi connectivity index (χ0) is 20.1. The number of nitrogens with one attached hydrogen (secondary N) is 1. The molecule has 1 aromatic carbocycles. The van der Waals surface area contributed by atoms with Crippen LogP contribution in [-0.2, 0) is 21.4 Å². The summed E-state index contributed by atoms with van der Waals surface area (Å²) in [6, 6.07) is 9.03. The van der Waals surface area contributed by atoms with Gasteiger partial charge in [0.25, 0.3) is 10.0 Å². The molecule has 1 amide bonds. The Morgan fingerprint density at radius 1 is 1.25 bits per heavy atom. The van der Waals surface area contributed by atoms with Gasteiger partial charge in [-0.3, -0.25) is 9.78 Å². The Bertz CT molecular complexity index is 1100. The van der Waals surface area contributed by atoms with Crippen LogP contribution in [0.15, 0.2) is 64.8 Å². The Morgan fingerprint density at radius 3 is 2.75 bits per heavy atom. The molecule has 0 aliphatic heterocycles. The van der Waals surface area contributed by atoms with Gasteiger partial charge in [0, 0.05) is 35.6 Å². The maximum Gasteiger partial charge on any atom is 0.269 e. The Hall–Kier alpha value is -2.65. The lowest BCUT2D eigenvalue weighted by atomic mass is 10.1. The van der Waals surface area contributed by atoms with E-state index in [4.69, 9.17) is 0 Å². The van der Waals surface area contributed by atoms with Gasteiger partial charge in [-0.25, -0.2) is 16.8 Å². The summed E-state index contributed by atoms with van der Waals surface area (Å²) in [5, 5.41) is 2.49. The molecule has 0 atom stereocenters. The molecule has 28 heavy (non-hydrogen) atoms. The van der Waals surface area contributed by atoms with Gasteiger partial charge in [0.2, 0.25) is 6.41 Å². The molecule has 3 rings (SSSR count). The van der Waals surface area contributed by atoms with Crippen LogP contribution in [-0.4, -0.2) is 29.5 Å². The van der Waals surface area contributed by atoms with Gasteiger partial charge in [-0.05, 0) is 35.6 Å². The monoisotopic (exact) mass is 419 g/mol. The summed E-state index contributed by atoms with van der Waals surface area (Å²) >= 11 is 1.48. The summed E-state index contributed by atoms with van der Waals surface area (Å²) in [4.78, 5) is 15.4. The maximum atomic E-state index is 14.4. The van der Waals surface area contributed by atoms with Gasteiger partial charge in [-0.15, -0.1) is 11.8 Å². The summed E-state index contributed by atoms with van der Waals surface area (Å²) in [6.45, 7) is 2.08. The van der Waals surface area contributed by atoms with E-state index in [0.717, 1.165) is 14.6 Å². The lowest BCUT2D eigenvalue weighted by Gasteiger charge is -2.11. The second-order valence-electron chi connectivity index (χ2n) is 5.80. The average Bonchev–Trinajstić information content (AvgIpc) is 3.12. The quantitative estimate of drug-likeness (QED) is 0.448. The third kappa shape index (κ3) is 4.10. The molecule has 0 radical (unpaired) electrons. The minimum Gasteiger partial charge on any atom is -0.355 e. The first-order chi connectivity index (χ1) is 13.5. The number of aromatic nitrogens is 2. The SMILES string of the molecule is CCSc1cncc(S(=O)(=O)n2cc(CNC=O)cc2-c2ccccc2F)c1. The number of halogens is 1. The predicted molar refractivity (Wildman–Crippen MR) is 106 cm³/mol. The van der Waals surface area contributed by atoms with Crippen LogP contribution in [0.25, 0.3) is 11.3 Å². The van der Waals surface area contributed by atoms with Gasteiger partial charge < -0.3 is 5.32 Å². The fourth-order valence-corrected chi connectivity index (χ4v) is 4.85. The summed E-state index contributed by atoms with van der Waals surface area (Å²) in [5.41, 5.74) is 0.853. The molecule has 0 fully saturated rings. The standard InChI is InChI=1S/C19H18FN3O3S2/c1-2-27-15-8-16(11-21-10-15)28(25,26)23-12-14(9-22-13-24)7-19(23)17-5-3-4-6-18(17)20/h3-8,10-13H,2,9H2,1H3,(H,22,24). The van der Waals surface area contributed by atoms with Crippen molar-refractivity contribution in [3.05, 3.63) is 66.4 Å². The molecule has 0 saturated carbocycles. The van der Waals surface area contributed by atoms with E-state index >= 15 is 0 Å². The molecule has 9 heteroatoms. The number of carbonyl (C=O) groups excluding carboxylic acids is 1. The van der Waals surface area contributed by atoms with Crippen molar-refractivity contribution in [2.45, 2.75) is 23.3 Å². The van der Waals surface area contributed by atoms with E-state index in [2.05, 4.69) is 10.3 Å². The molecule has 0 unspecified atom stereocenters. The molecule has 0 aliphatic carbocycles. The Morgan fingerprint density at radius 2 is 2.04 bits per heavy atom. The lowest BCUT2D eigenvalue weighted by molar-refractivity contribution is -0.109. The van der Waals surface area contributed by atoms with Crippen molar-refractivity contribution < 1.29 is 17.6 Å². The highest BCUT2D eigenvalue weighted by molar-refractivity contribution is 7.99. The fourth-order valence-electron chi connectivity index (χ4n) is 2.72. The van der Waals surface area contributed by atoms with Gasteiger partial charge in [-0.1, -0.05) is 19.1 Å². The van der Waals surface area contributed by atoms with Crippen LogP contribution in [0.4, 0.5) is 4.39 Å². The fraction of sp³-hybridized carbons (Fsp3) is 0.158. The Kier molecular flexibility index (Phi) is 6.15. The van der Waals surface area contributed by atoms with Crippen molar-refractivity contribution >= 4 is 28.2 Å². The third-order valence-corrected chi connectivity index (χ3v) is 6.42. The first-order valence-electron chi connectivity index (χ1n) is 8.44. The Balaban J connectivity index is 2.16. The van der Waals surface area contributed by atoms with E-state index in [9.17, 15) is 17.6 Å². The van der Waals surface area contributed by atoms with Gasteiger partial charge in [0.1, 0.15) is 10.7 Å². The second kappa shape index (κ2) is 8.57. The molecule has 2 aromatic heterocycles. The molecule has 0 aliphatic rings. The summed E-state index contributed by atoms with van der Waals surface area (Å²) in [5.74, 6) is 0.233. The summed E-state index contributed by atoms with van der Waals surface area (Å²) in [7, 11) is -4.02. The van der Waals surface area contributed by atoms with E-state index in [1.165, 1.54) is 42.4 Å². The zero-order valence-corrected chi connectivity index (χ0v) is 16.6. The number of amides is 1. The number of hydrogen-bond acceptors (Lipinski definition) is 5. The molecule has 3 aromatic rings. The van der Waals surface area contributed by atoms with Gasteiger partial charge in [0.05, 0.1) is 5.69 Å². The number of benzene rings is 1. The van der Waals surface area contributed by atoms with Crippen molar-refractivity contribution in [1.82, 2.24) is 14.3 Å². The summed E-state index contributed by atoms with van der Waals surface area (Å²) in [6.07, 6.45) is 4.76. The third-order valence-electron chi connectivity index (χ3n) is 3.94. The number of thioether (sulfide) groups is 1. The first kappa shape index (κ1) is 20.1. The van der Waals surface area contributed by atoms with Crippen molar-refractivity contribution in [3.8, 4) is 11.3 Å². The van der Waals surface area contributed by atoms with Crippen molar-refractivity contribution in [2.75, 3.05) is 5.75 Å². The highest BCUT2D eigenvalue weighted by Gasteiger charge is 2.24. The number of nitrogens with zero attached hydrogens (tertiary/aromatic N) is 2. The van der Waals surface area contributed by atoms with Gasteiger partial charge in [-0.2, -0.15) is 0 Å². The average molecular weight is 420 g/mol. The van der Waals surface area contributed by atoms with E-state index in [0.29, 0.717) is 12.0 Å². The van der Waals surface area contributed by atoms with Crippen LogP contribution >= 0.6 is 11.8 Å². The molecule has 146 valence electrons. The van der Waals surface area contributed by atoms with Crippen LogP contribution in [0.1, 0.15) is 12.5 Å². The number of rotatable bonds is 8. The van der Waals surface area contributed by atoms with Crippen molar-refractivity contribution in [2.24, 2.45) is 0 Å². The van der Waals surface area contributed by atoms with E-state index in [-0.39, 0.29) is 22.7 Å². The molecular weight excluding hydrogens is 401 g/mol. The molecule has 6 nitrogen and oxygen atoms in total. The topological polar surface area (TPSA) is 81.1 Å². The summed E-state index contributed by atoms with van der Waals surface area (Å²) < 4.78 is 42.0. The largest absolute Gasteiger partial charge is 0.355 e. The second-order valence-corrected chi connectivity index (χ2v) is 8.95. The Labute approximate surface area is 166 Å². The minimum absolute atomic E-state index is 0.00837. The number of hydrogen-bond donors (Lipinski definition) is 1. The van der Waals surface area contributed by atoms with Crippen LogP contribution in [0.3, 0.4) is 0 Å². The van der Waals surface area contributed by atoms with E-state index in [1.807, 2.05) is 6.92 Å². The molecule has 1 N–H and O–H groups in total. The van der Waals surface area contributed by atoms with Crippen molar-refractivity contribution in [3.63, 3.8) is 0 Å². The van der Waals surface area contributed by atoms with E-state index in [1.54, 1.807) is 24.4 Å². The highest BCUT2D eigenvalue weighted by atomic mass is 32.2.